The number of rotatable bonds is 7. The van der Waals surface area contributed by atoms with E-state index in [9.17, 15) is 9.59 Å². The van der Waals surface area contributed by atoms with E-state index in [2.05, 4.69) is 24.1 Å². The fraction of sp³-hybridized carbons (Fsp3) is 0.478. The molecule has 3 rings (SSSR count). The molecule has 1 atom stereocenters. The second-order valence-electron chi connectivity index (χ2n) is 7.43. The van der Waals surface area contributed by atoms with Crippen LogP contribution in [0.3, 0.4) is 0 Å². The number of likely N-dealkylation sites (N-methyl/N-ethyl adjacent to an activating group) is 1. The summed E-state index contributed by atoms with van der Waals surface area (Å²) < 4.78 is 0. The van der Waals surface area contributed by atoms with Crippen LogP contribution in [0.2, 0.25) is 0 Å². The predicted molar refractivity (Wildman–Crippen MR) is 113 cm³/mol. The van der Waals surface area contributed by atoms with Crippen LogP contribution in [0.15, 0.2) is 42.5 Å². The van der Waals surface area contributed by atoms with Crippen LogP contribution < -0.4 is 5.32 Å². The monoisotopic (exact) mass is 381 g/mol. The third kappa shape index (κ3) is 4.71. The zero-order valence-corrected chi connectivity index (χ0v) is 17.0. The van der Waals surface area contributed by atoms with E-state index in [0.717, 1.165) is 48.8 Å². The Balaban J connectivity index is 1.62. The Morgan fingerprint density at radius 1 is 1.11 bits per heavy atom. The Labute approximate surface area is 167 Å². The second-order valence-corrected chi connectivity index (χ2v) is 7.43. The van der Waals surface area contributed by atoms with Crippen LogP contribution in [0.5, 0.6) is 0 Å². The minimum Gasteiger partial charge on any atom is -0.355 e. The van der Waals surface area contributed by atoms with Crippen molar-refractivity contribution in [3.05, 3.63) is 48.0 Å². The van der Waals surface area contributed by atoms with E-state index in [0.29, 0.717) is 19.6 Å². The van der Waals surface area contributed by atoms with E-state index in [1.807, 2.05) is 47.4 Å². The maximum Gasteiger partial charge on any atom is 0.254 e. The molecule has 0 bridgehead atoms. The Hall–Kier alpha value is -2.40. The summed E-state index contributed by atoms with van der Waals surface area (Å²) in [4.78, 5) is 29.9. The van der Waals surface area contributed by atoms with Crippen molar-refractivity contribution in [3.63, 3.8) is 0 Å². The number of hydrogen-bond donors (Lipinski definition) is 1. The van der Waals surface area contributed by atoms with Gasteiger partial charge in [-0.05, 0) is 42.8 Å². The van der Waals surface area contributed by atoms with Gasteiger partial charge < -0.3 is 15.1 Å². The molecule has 1 N–H and O–H groups in total. The number of nitrogens with one attached hydrogen (secondary N) is 1. The predicted octanol–water partition coefficient (Wildman–Crippen LogP) is 3.15. The van der Waals surface area contributed by atoms with Crippen molar-refractivity contribution in [2.45, 2.75) is 26.7 Å². The van der Waals surface area contributed by atoms with Gasteiger partial charge >= 0.3 is 0 Å². The average molecular weight is 382 g/mol. The number of likely N-dealkylation sites (tertiary alicyclic amines) is 1. The summed E-state index contributed by atoms with van der Waals surface area (Å²) in [6, 6.07) is 13.8. The molecule has 5 heteroatoms. The molecule has 1 aliphatic heterocycles. The Kier molecular flexibility index (Phi) is 7.04. The van der Waals surface area contributed by atoms with Gasteiger partial charge in [0.25, 0.3) is 5.91 Å². The van der Waals surface area contributed by atoms with Crippen molar-refractivity contribution in [3.8, 4) is 0 Å². The first-order valence-electron chi connectivity index (χ1n) is 10.4. The molecular formula is C23H31N3O2. The normalized spacial score (nSPS) is 17.1. The fourth-order valence-electron chi connectivity index (χ4n) is 3.98. The molecule has 2 aromatic carbocycles. The maximum absolute atomic E-state index is 13.2. The Morgan fingerprint density at radius 3 is 2.64 bits per heavy atom. The van der Waals surface area contributed by atoms with Crippen LogP contribution in [0.1, 0.15) is 37.0 Å². The van der Waals surface area contributed by atoms with E-state index in [-0.39, 0.29) is 17.7 Å². The topological polar surface area (TPSA) is 52.7 Å². The van der Waals surface area contributed by atoms with Gasteiger partial charge in [-0.25, -0.2) is 0 Å². The van der Waals surface area contributed by atoms with Crippen molar-refractivity contribution in [1.82, 2.24) is 15.1 Å². The Morgan fingerprint density at radius 2 is 1.86 bits per heavy atom. The molecule has 0 aromatic heterocycles. The minimum atomic E-state index is -0.121. The lowest BCUT2D eigenvalue weighted by Crippen LogP contribution is -2.46. The second kappa shape index (κ2) is 9.69. The molecule has 0 radical (unpaired) electrons. The molecule has 1 unspecified atom stereocenters. The molecule has 2 aromatic rings. The van der Waals surface area contributed by atoms with Gasteiger partial charge in [-0.1, -0.05) is 50.2 Å². The maximum atomic E-state index is 13.2. The van der Waals surface area contributed by atoms with Crippen LogP contribution in [0, 0.1) is 5.92 Å². The number of fused-ring (bicyclic) bond motifs is 1. The van der Waals surface area contributed by atoms with Crippen molar-refractivity contribution in [2.24, 2.45) is 5.92 Å². The highest BCUT2D eigenvalue weighted by molar-refractivity contribution is 6.07. The standard InChI is InChI=1S/C23H31N3O2/c1-3-25(4-2)16-14-24-22(27)19-11-8-15-26(17-19)23(28)21-13-7-10-18-9-5-6-12-20(18)21/h5-7,9-10,12-13,19H,3-4,8,11,14-17H2,1-2H3,(H,24,27). The van der Waals surface area contributed by atoms with Crippen LogP contribution >= 0.6 is 0 Å². The number of nitrogens with zero attached hydrogens (tertiary/aromatic N) is 2. The SMILES string of the molecule is CCN(CC)CCNC(=O)C1CCCN(C(=O)c2cccc3ccccc23)C1. The summed E-state index contributed by atoms with van der Waals surface area (Å²) in [5, 5.41) is 5.10. The van der Waals surface area contributed by atoms with E-state index >= 15 is 0 Å². The zero-order valence-electron chi connectivity index (χ0n) is 17.0. The van der Waals surface area contributed by atoms with Crippen LogP contribution in [0.25, 0.3) is 10.8 Å². The number of hydrogen-bond acceptors (Lipinski definition) is 3. The molecule has 2 amide bonds. The number of carbonyl (C=O) groups excluding carboxylic acids is 2. The largest absolute Gasteiger partial charge is 0.355 e. The highest BCUT2D eigenvalue weighted by Gasteiger charge is 2.29. The first-order valence-corrected chi connectivity index (χ1v) is 10.4. The highest BCUT2D eigenvalue weighted by atomic mass is 16.2. The third-order valence-electron chi connectivity index (χ3n) is 5.72. The lowest BCUT2D eigenvalue weighted by molar-refractivity contribution is -0.126. The summed E-state index contributed by atoms with van der Waals surface area (Å²) in [5.41, 5.74) is 0.723. The van der Waals surface area contributed by atoms with Gasteiger partial charge in [0, 0.05) is 31.7 Å². The highest BCUT2D eigenvalue weighted by Crippen LogP contribution is 2.23. The van der Waals surface area contributed by atoms with Gasteiger partial charge in [0.05, 0.1) is 5.92 Å². The molecule has 1 heterocycles. The number of amides is 2. The number of piperidine rings is 1. The van der Waals surface area contributed by atoms with E-state index < -0.39 is 0 Å². The molecule has 28 heavy (non-hydrogen) atoms. The van der Waals surface area contributed by atoms with Crippen molar-refractivity contribution < 1.29 is 9.59 Å². The molecule has 0 saturated carbocycles. The summed E-state index contributed by atoms with van der Waals surface area (Å²) in [7, 11) is 0. The summed E-state index contributed by atoms with van der Waals surface area (Å²) in [6.45, 7) is 8.97. The molecule has 5 nitrogen and oxygen atoms in total. The molecule has 150 valence electrons. The minimum absolute atomic E-state index is 0.0254. The van der Waals surface area contributed by atoms with Crippen molar-refractivity contribution in [1.29, 1.82) is 0 Å². The van der Waals surface area contributed by atoms with Gasteiger partial charge in [0.1, 0.15) is 0 Å². The van der Waals surface area contributed by atoms with Crippen molar-refractivity contribution in [2.75, 3.05) is 39.3 Å². The van der Waals surface area contributed by atoms with E-state index in [4.69, 9.17) is 0 Å². The quantitative estimate of drug-likeness (QED) is 0.802. The lowest BCUT2D eigenvalue weighted by atomic mass is 9.95. The molecule has 1 saturated heterocycles. The summed E-state index contributed by atoms with van der Waals surface area (Å²) in [5.74, 6) is -0.0237. The zero-order chi connectivity index (χ0) is 19.9. The van der Waals surface area contributed by atoms with Crippen LogP contribution in [0.4, 0.5) is 0 Å². The van der Waals surface area contributed by atoms with Crippen LogP contribution in [-0.2, 0) is 4.79 Å². The fourth-order valence-corrected chi connectivity index (χ4v) is 3.98. The van der Waals surface area contributed by atoms with Gasteiger partial charge in [-0.3, -0.25) is 9.59 Å². The molecular weight excluding hydrogens is 350 g/mol. The van der Waals surface area contributed by atoms with Gasteiger partial charge in [0.2, 0.25) is 5.91 Å². The summed E-state index contributed by atoms with van der Waals surface area (Å²) in [6.07, 6.45) is 1.71. The van der Waals surface area contributed by atoms with Crippen molar-refractivity contribution >= 4 is 22.6 Å². The van der Waals surface area contributed by atoms with Gasteiger partial charge in [-0.2, -0.15) is 0 Å². The molecule has 0 aliphatic carbocycles. The smallest absolute Gasteiger partial charge is 0.254 e. The van der Waals surface area contributed by atoms with Crippen LogP contribution in [-0.4, -0.2) is 60.9 Å². The first-order chi connectivity index (χ1) is 13.6. The first kappa shape index (κ1) is 20.3. The number of benzene rings is 2. The third-order valence-corrected chi connectivity index (χ3v) is 5.72. The molecule has 1 aliphatic rings. The average Bonchev–Trinajstić information content (AvgIpc) is 2.75. The summed E-state index contributed by atoms with van der Waals surface area (Å²) >= 11 is 0. The lowest BCUT2D eigenvalue weighted by Gasteiger charge is -2.32. The van der Waals surface area contributed by atoms with E-state index in [1.54, 1.807) is 0 Å². The van der Waals surface area contributed by atoms with E-state index in [1.165, 1.54) is 0 Å². The van der Waals surface area contributed by atoms with Gasteiger partial charge in [0.15, 0.2) is 0 Å². The van der Waals surface area contributed by atoms with Gasteiger partial charge in [-0.15, -0.1) is 0 Å². The molecule has 0 spiro atoms. The number of carbonyl (C=O) groups is 2. The molecule has 1 fully saturated rings. The Bertz CT molecular complexity index is 811.